The molecule has 0 saturated heterocycles. The largest absolute Gasteiger partial charge is 0.392 e. The van der Waals surface area contributed by atoms with E-state index >= 15 is 0 Å². The predicted molar refractivity (Wildman–Crippen MR) is 63.8 cm³/mol. The minimum Gasteiger partial charge on any atom is -0.392 e. The van der Waals surface area contributed by atoms with Crippen molar-refractivity contribution in [2.75, 3.05) is 29.9 Å². The topological polar surface area (TPSA) is 35.5 Å². The van der Waals surface area contributed by atoms with Gasteiger partial charge in [0.25, 0.3) is 0 Å². The molecule has 82 valence electrons. The quantitative estimate of drug-likeness (QED) is 0.809. The van der Waals surface area contributed by atoms with Crippen molar-refractivity contribution in [3.8, 4) is 0 Å². The van der Waals surface area contributed by atoms with Crippen molar-refractivity contribution in [2.45, 2.75) is 13.0 Å². The van der Waals surface area contributed by atoms with E-state index in [0.29, 0.717) is 6.54 Å². The second-order valence-electron chi connectivity index (χ2n) is 3.88. The van der Waals surface area contributed by atoms with E-state index in [1.165, 1.54) is 0 Å². The van der Waals surface area contributed by atoms with Crippen LogP contribution in [-0.4, -0.2) is 30.8 Å². The zero-order chi connectivity index (χ0) is 10.8. The number of aliphatic hydroxyl groups excluding tert-OH is 1. The minimum atomic E-state index is -0.313. The number of fused-ring (bicyclic) bond motifs is 1. The van der Waals surface area contributed by atoms with Crippen molar-refractivity contribution in [3.63, 3.8) is 0 Å². The van der Waals surface area contributed by atoms with E-state index in [-0.39, 0.29) is 6.10 Å². The summed E-state index contributed by atoms with van der Waals surface area (Å²) in [5, 5.41) is 13.4. The number of hydrogen-bond donors (Lipinski definition) is 2. The van der Waals surface area contributed by atoms with Crippen LogP contribution in [0, 0.1) is 0 Å². The highest BCUT2D eigenvalue weighted by Gasteiger charge is 2.17. The summed E-state index contributed by atoms with van der Waals surface area (Å²) in [6.45, 7) is 4.27. The first-order valence-corrected chi connectivity index (χ1v) is 5.51. The van der Waals surface area contributed by atoms with E-state index < -0.39 is 0 Å². The smallest absolute Gasteiger partial charge is 0.0687 e. The zero-order valence-corrected chi connectivity index (χ0v) is 9.46. The van der Waals surface area contributed by atoms with E-state index in [4.69, 9.17) is 11.6 Å². The maximum absolute atomic E-state index is 9.40. The summed E-state index contributed by atoms with van der Waals surface area (Å²) in [5.41, 5.74) is 2.17. The molecule has 1 aliphatic heterocycles. The number of anilines is 2. The van der Waals surface area contributed by atoms with Gasteiger partial charge in [0.2, 0.25) is 0 Å². The fourth-order valence-electron chi connectivity index (χ4n) is 1.88. The van der Waals surface area contributed by atoms with Crippen molar-refractivity contribution >= 4 is 23.0 Å². The van der Waals surface area contributed by atoms with Gasteiger partial charge >= 0.3 is 0 Å². The second kappa shape index (κ2) is 4.29. The highest BCUT2D eigenvalue weighted by Crippen LogP contribution is 2.31. The lowest BCUT2D eigenvalue weighted by Gasteiger charge is -2.33. The van der Waals surface area contributed by atoms with Gasteiger partial charge in [0, 0.05) is 24.7 Å². The average Bonchev–Trinajstić information content (AvgIpc) is 2.16. The molecule has 4 heteroatoms. The summed E-state index contributed by atoms with van der Waals surface area (Å²) in [6, 6.07) is 5.79. The van der Waals surface area contributed by atoms with Gasteiger partial charge in [-0.2, -0.15) is 0 Å². The molecule has 0 radical (unpaired) electrons. The van der Waals surface area contributed by atoms with Crippen molar-refractivity contribution in [3.05, 3.63) is 23.2 Å². The highest BCUT2D eigenvalue weighted by atomic mass is 35.5. The maximum atomic E-state index is 9.40. The summed E-state index contributed by atoms with van der Waals surface area (Å²) in [4.78, 5) is 2.17. The first-order chi connectivity index (χ1) is 7.16. The molecule has 0 saturated carbocycles. The van der Waals surface area contributed by atoms with E-state index in [9.17, 15) is 5.11 Å². The molecule has 1 aromatic rings. The fourth-order valence-corrected chi connectivity index (χ4v) is 2.05. The molecule has 0 spiro atoms. The van der Waals surface area contributed by atoms with Crippen LogP contribution in [0.2, 0.25) is 5.02 Å². The van der Waals surface area contributed by atoms with Crippen LogP contribution < -0.4 is 10.2 Å². The molecule has 1 atom stereocenters. The predicted octanol–water partition coefficient (Wildman–Crippen LogP) is 1.95. The number of nitrogens with zero attached hydrogens (tertiary/aromatic N) is 1. The molecule has 1 aromatic carbocycles. The summed E-state index contributed by atoms with van der Waals surface area (Å²) in [6.07, 6.45) is -0.313. The van der Waals surface area contributed by atoms with Crippen molar-refractivity contribution in [2.24, 2.45) is 0 Å². The van der Waals surface area contributed by atoms with Crippen LogP contribution in [0.5, 0.6) is 0 Å². The highest BCUT2D eigenvalue weighted by molar-refractivity contribution is 6.31. The molecule has 2 N–H and O–H groups in total. The summed E-state index contributed by atoms with van der Waals surface area (Å²) < 4.78 is 0. The fraction of sp³-hybridized carbons (Fsp3) is 0.455. The van der Waals surface area contributed by atoms with Gasteiger partial charge in [0.1, 0.15) is 0 Å². The first-order valence-electron chi connectivity index (χ1n) is 5.13. The van der Waals surface area contributed by atoms with Crippen molar-refractivity contribution < 1.29 is 5.11 Å². The van der Waals surface area contributed by atoms with Crippen LogP contribution in [0.3, 0.4) is 0 Å². The van der Waals surface area contributed by atoms with Gasteiger partial charge in [-0.3, -0.25) is 0 Å². The number of rotatable bonds is 2. The molecule has 1 unspecified atom stereocenters. The van der Waals surface area contributed by atoms with Crippen LogP contribution >= 0.6 is 11.6 Å². The van der Waals surface area contributed by atoms with Crippen LogP contribution in [0.15, 0.2) is 18.2 Å². The van der Waals surface area contributed by atoms with Gasteiger partial charge in [-0.05, 0) is 25.1 Å². The van der Waals surface area contributed by atoms with Crippen LogP contribution in [0.25, 0.3) is 0 Å². The molecular weight excluding hydrogens is 212 g/mol. The number of benzene rings is 1. The Hall–Kier alpha value is -0.930. The maximum Gasteiger partial charge on any atom is 0.0687 e. The molecule has 2 rings (SSSR count). The zero-order valence-electron chi connectivity index (χ0n) is 8.70. The summed E-state index contributed by atoms with van der Waals surface area (Å²) >= 11 is 5.92. The first kappa shape index (κ1) is 10.6. The van der Waals surface area contributed by atoms with E-state index in [1.807, 2.05) is 18.2 Å². The number of hydrogen-bond acceptors (Lipinski definition) is 3. The molecule has 15 heavy (non-hydrogen) atoms. The van der Waals surface area contributed by atoms with Crippen LogP contribution in [-0.2, 0) is 0 Å². The Morgan fingerprint density at radius 2 is 2.40 bits per heavy atom. The van der Waals surface area contributed by atoms with Gasteiger partial charge in [-0.15, -0.1) is 0 Å². The Morgan fingerprint density at radius 3 is 3.13 bits per heavy atom. The van der Waals surface area contributed by atoms with Gasteiger partial charge in [-0.1, -0.05) is 11.6 Å². The molecular formula is C11H15ClN2O. The van der Waals surface area contributed by atoms with Crippen LogP contribution in [0.4, 0.5) is 11.4 Å². The third-order valence-electron chi connectivity index (χ3n) is 2.48. The Kier molecular flexibility index (Phi) is 3.03. The summed E-state index contributed by atoms with van der Waals surface area (Å²) in [7, 11) is 0. The molecule has 0 aliphatic carbocycles. The third kappa shape index (κ3) is 2.36. The standard InChI is InChI=1S/C11H15ClN2O/c1-8(15)7-14-5-4-13-10-6-9(12)2-3-11(10)14/h2-3,6,8,13,15H,4-5,7H2,1H3. The molecule has 0 fully saturated rings. The third-order valence-corrected chi connectivity index (χ3v) is 2.72. The van der Waals surface area contributed by atoms with Gasteiger partial charge < -0.3 is 15.3 Å². The number of nitrogens with one attached hydrogen (secondary N) is 1. The Labute approximate surface area is 94.7 Å². The molecule has 0 bridgehead atoms. The van der Waals surface area contributed by atoms with Gasteiger partial charge in [0.05, 0.1) is 17.5 Å². The molecule has 1 heterocycles. The summed E-state index contributed by atoms with van der Waals surface area (Å²) in [5.74, 6) is 0. The molecule has 0 amide bonds. The van der Waals surface area contributed by atoms with Crippen molar-refractivity contribution in [1.82, 2.24) is 0 Å². The van der Waals surface area contributed by atoms with Gasteiger partial charge in [-0.25, -0.2) is 0 Å². The molecule has 1 aliphatic rings. The lowest BCUT2D eigenvalue weighted by atomic mass is 10.2. The van der Waals surface area contributed by atoms with Crippen LogP contribution in [0.1, 0.15) is 6.92 Å². The Morgan fingerprint density at radius 1 is 1.60 bits per heavy atom. The lowest BCUT2D eigenvalue weighted by Crippen LogP contribution is -2.38. The number of aliphatic hydroxyl groups is 1. The lowest BCUT2D eigenvalue weighted by molar-refractivity contribution is 0.200. The SMILES string of the molecule is CC(O)CN1CCNc2cc(Cl)ccc21. The molecule has 3 nitrogen and oxygen atoms in total. The van der Waals surface area contributed by atoms with E-state index in [1.54, 1.807) is 6.92 Å². The monoisotopic (exact) mass is 226 g/mol. The van der Waals surface area contributed by atoms with E-state index in [0.717, 1.165) is 29.5 Å². The normalized spacial score (nSPS) is 16.9. The minimum absolute atomic E-state index is 0.313. The average molecular weight is 227 g/mol. The number of halogens is 1. The van der Waals surface area contributed by atoms with Crippen molar-refractivity contribution in [1.29, 1.82) is 0 Å². The Balaban J connectivity index is 2.26. The second-order valence-corrected chi connectivity index (χ2v) is 4.32. The number of β-amino-alcohol motifs (C(OH)–C–C–N with tert-alkyl or cyclic N) is 1. The van der Waals surface area contributed by atoms with Gasteiger partial charge in [0.15, 0.2) is 0 Å². The Bertz CT molecular complexity index is 354. The van der Waals surface area contributed by atoms with E-state index in [2.05, 4.69) is 10.2 Å². The molecule has 0 aromatic heterocycles.